The minimum atomic E-state index is -0.187. The van der Waals surface area contributed by atoms with E-state index in [4.69, 9.17) is 9.15 Å². The maximum absolute atomic E-state index is 12.7. The number of ether oxygens (including phenoxy) is 1. The molecule has 2 aromatic rings. The molecule has 6 nitrogen and oxygen atoms in total. The quantitative estimate of drug-likeness (QED) is 0.932. The zero-order valence-corrected chi connectivity index (χ0v) is 14.1. The van der Waals surface area contributed by atoms with Crippen LogP contribution in [0.15, 0.2) is 28.1 Å². The minimum Gasteiger partial charge on any atom is -0.464 e. The van der Waals surface area contributed by atoms with E-state index in [2.05, 4.69) is 10.3 Å². The SMILES string of the molecule is CCc1ccc([C@@H]2COCCN2C(=O)N[C@H](C)c2nccs2)o1. The van der Waals surface area contributed by atoms with Crippen molar-refractivity contribution in [1.29, 1.82) is 0 Å². The third-order valence-electron chi connectivity index (χ3n) is 3.91. The first-order valence-corrected chi connectivity index (χ1v) is 8.70. The highest BCUT2D eigenvalue weighted by Crippen LogP contribution is 2.27. The summed E-state index contributed by atoms with van der Waals surface area (Å²) >= 11 is 1.54. The topological polar surface area (TPSA) is 67.6 Å². The Morgan fingerprint density at radius 2 is 2.43 bits per heavy atom. The van der Waals surface area contributed by atoms with Crippen LogP contribution in [0.1, 0.15) is 42.5 Å². The van der Waals surface area contributed by atoms with Gasteiger partial charge in [0.25, 0.3) is 0 Å². The molecule has 1 saturated heterocycles. The molecule has 1 N–H and O–H groups in total. The molecular formula is C16H21N3O3S. The van der Waals surface area contributed by atoms with E-state index < -0.39 is 0 Å². The molecule has 2 atom stereocenters. The van der Waals surface area contributed by atoms with E-state index in [1.807, 2.05) is 31.4 Å². The molecule has 0 spiro atoms. The van der Waals surface area contributed by atoms with E-state index in [9.17, 15) is 4.79 Å². The second kappa shape index (κ2) is 7.14. The highest BCUT2D eigenvalue weighted by Gasteiger charge is 2.31. The molecule has 1 fully saturated rings. The molecule has 3 rings (SSSR count). The number of carbonyl (C=O) groups is 1. The van der Waals surface area contributed by atoms with Crippen LogP contribution in [0.25, 0.3) is 0 Å². The second-order valence-electron chi connectivity index (χ2n) is 5.48. The monoisotopic (exact) mass is 335 g/mol. The molecule has 0 aromatic carbocycles. The van der Waals surface area contributed by atoms with Gasteiger partial charge in [-0.3, -0.25) is 0 Å². The van der Waals surface area contributed by atoms with Crippen LogP contribution in [0.2, 0.25) is 0 Å². The molecule has 3 heterocycles. The van der Waals surface area contributed by atoms with Crippen molar-refractivity contribution in [3.63, 3.8) is 0 Å². The van der Waals surface area contributed by atoms with E-state index in [1.54, 1.807) is 11.1 Å². The Morgan fingerprint density at radius 3 is 3.13 bits per heavy atom. The molecule has 0 bridgehead atoms. The van der Waals surface area contributed by atoms with Crippen LogP contribution in [-0.4, -0.2) is 35.7 Å². The molecule has 23 heavy (non-hydrogen) atoms. The average molecular weight is 335 g/mol. The van der Waals surface area contributed by atoms with Gasteiger partial charge in [0, 0.05) is 24.5 Å². The molecule has 1 aliphatic heterocycles. The molecule has 1 aliphatic rings. The van der Waals surface area contributed by atoms with Gasteiger partial charge >= 0.3 is 6.03 Å². The van der Waals surface area contributed by atoms with Crippen molar-refractivity contribution in [2.45, 2.75) is 32.4 Å². The summed E-state index contributed by atoms with van der Waals surface area (Å²) in [4.78, 5) is 18.7. The minimum absolute atomic E-state index is 0.115. The summed E-state index contributed by atoms with van der Waals surface area (Å²) in [5, 5.41) is 5.82. The molecule has 0 radical (unpaired) electrons. The lowest BCUT2D eigenvalue weighted by Crippen LogP contribution is -2.48. The summed E-state index contributed by atoms with van der Waals surface area (Å²) in [5.74, 6) is 1.70. The number of carbonyl (C=O) groups excluding carboxylic acids is 1. The molecule has 2 aromatic heterocycles. The van der Waals surface area contributed by atoms with Gasteiger partial charge in [-0.05, 0) is 19.1 Å². The number of thiazole rings is 1. The summed E-state index contributed by atoms with van der Waals surface area (Å²) in [7, 11) is 0. The maximum Gasteiger partial charge on any atom is 0.318 e. The van der Waals surface area contributed by atoms with Crippen molar-refractivity contribution >= 4 is 17.4 Å². The lowest BCUT2D eigenvalue weighted by Gasteiger charge is -2.35. The van der Waals surface area contributed by atoms with Crippen LogP contribution in [0.3, 0.4) is 0 Å². The second-order valence-corrected chi connectivity index (χ2v) is 6.41. The number of nitrogens with zero attached hydrogens (tertiary/aromatic N) is 2. The van der Waals surface area contributed by atoms with Crippen LogP contribution < -0.4 is 5.32 Å². The van der Waals surface area contributed by atoms with E-state index in [-0.39, 0.29) is 18.1 Å². The summed E-state index contributed by atoms with van der Waals surface area (Å²) in [6, 6.07) is 3.47. The lowest BCUT2D eigenvalue weighted by molar-refractivity contribution is 0.00350. The number of hydrogen-bond acceptors (Lipinski definition) is 5. The first-order valence-electron chi connectivity index (χ1n) is 7.82. The first-order chi connectivity index (χ1) is 11.2. The van der Waals surface area contributed by atoms with Gasteiger partial charge in [0.2, 0.25) is 0 Å². The number of morpholine rings is 1. The zero-order valence-electron chi connectivity index (χ0n) is 13.3. The Hall–Kier alpha value is -1.86. The van der Waals surface area contributed by atoms with Crippen molar-refractivity contribution in [2.75, 3.05) is 19.8 Å². The lowest BCUT2D eigenvalue weighted by atomic mass is 10.2. The maximum atomic E-state index is 12.7. The van der Waals surface area contributed by atoms with Crippen molar-refractivity contribution in [3.05, 3.63) is 40.2 Å². The van der Waals surface area contributed by atoms with E-state index in [0.29, 0.717) is 19.8 Å². The van der Waals surface area contributed by atoms with Gasteiger partial charge in [0.1, 0.15) is 22.6 Å². The normalized spacial score (nSPS) is 19.6. The average Bonchev–Trinajstić information content (AvgIpc) is 3.26. The van der Waals surface area contributed by atoms with E-state index >= 15 is 0 Å². The van der Waals surface area contributed by atoms with Gasteiger partial charge in [-0.1, -0.05) is 6.92 Å². The van der Waals surface area contributed by atoms with Gasteiger partial charge in [0.15, 0.2) is 0 Å². The van der Waals surface area contributed by atoms with E-state index in [0.717, 1.165) is 22.9 Å². The molecule has 124 valence electrons. The molecule has 0 aliphatic carbocycles. The van der Waals surface area contributed by atoms with Crippen LogP contribution in [0, 0.1) is 0 Å². The number of rotatable bonds is 4. The number of nitrogens with one attached hydrogen (secondary N) is 1. The van der Waals surface area contributed by atoms with Gasteiger partial charge in [0.05, 0.1) is 19.3 Å². The number of aromatic nitrogens is 1. The third kappa shape index (κ3) is 3.56. The van der Waals surface area contributed by atoms with Crippen molar-refractivity contribution < 1.29 is 13.9 Å². The molecule has 2 amide bonds. The zero-order chi connectivity index (χ0) is 16.2. The Labute approximate surface area is 139 Å². The fourth-order valence-corrected chi connectivity index (χ4v) is 3.27. The number of amides is 2. The Bertz CT molecular complexity index is 641. The van der Waals surface area contributed by atoms with E-state index in [1.165, 1.54) is 11.3 Å². The van der Waals surface area contributed by atoms with Crippen LogP contribution in [0.5, 0.6) is 0 Å². The summed E-state index contributed by atoms with van der Waals surface area (Å²) in [6.45, 7) is 5.52. The highest BCUT2D eigenvalue weighted by molar-refractivity contribution is 7.09. The fraction of sp³-hybridized carbons (Fsp3) is 0.500. The van der Waals surface area contributed by atoms with Crippen LogP contribution in [0.4, 0.5) is 4.79 Å². The summed E-state index contributed by atoms with van der Waals surface area (Å²) in [5.41, 5.74) is 0. The Kier molecular flexibility index (Phi) is 4.97. The standard InChI is InChI=1S/C16H21N3O3S/c1-3-12-4-5-14(22-12)13-10-21-8-7-19(13)16(20)18-11(2)15-17-6-9-23-15/h4-6,9,11,13H,3,7-8,10H2,1-2H3,(H,18,20)/t11-,13+/m1/s1. The predicted octanol–water partition coefficient (Wildman–Crippen LogP) is 3.14. The number of urea groups is 1. The van der Waals surface area contributed by atoms with Crippen LogP contribution in [-0.2, 0) is 11.2 Å². The predicted molar refractivity (Wildman–Crippen MR) is 87.4 cm³/mol. The largest absolute Gasteiger partial charge is 0.464 e. The van der Waals surface area contributed by atoms with Crippen LogP contribution >= 0.6 is 11.3 Å². The molecule has 0 unspecified atom stereocenters. The molecular weight excluding hydrogens is 314 g/mol. The number of furan rings is 1. The third-order valence-corrected chi connectivity index (χ3v) is 4.87. The first kappa shape index (κ1) is 16.0. The van der Waals surface area contributed by atoms with Gasteiger partial charge < -0.3 is 19.4 Å². The highest BCUT2D eigenvalue weighted by atomic mass is 32.1. The van der Waals surface area contributed by atoms with Crippen molar-refractivity contribution in [2.24, 2.45) is 0 Å². The smallest absolute Gasteiger partial charge is 0.318 e. The molecule has 0 saturated carbocycles. The fourth-order valence-electron chi connectivity index (χ4n) is 2.62. The Balaban J connectivity index is 1.71. The summed E-state index contributed by atoms with van der Waals surface area (Å²) < 4.78 is 11.4. The summed E-state index contributed by atoms with van der Waals surface area (Å²) in [6.07, 6.45) is 2.58. The Morgan fingerprint density at radius 1 is 1.57 bits per heavy atom. The van der Waals surface area contributed by atoms with Crippen molar-refractivity contribution in [3.8, 4) is 0 Å². The number of aryl methyl sites for hydroxylation is 1. The van der Waals surface area contributed by atoms with Crippen molar-refractivity contribution in [1.82, 2.24) is 15.2 Å². The number of hydrogen-bond donors (Lipinski definition) is 1. The van der Waals surface area contributed by atoms with Gasteiger partial charge in [-0.25, -0.2) is 9.78 Å². The molecule has 7 heteroatoms. The van der Waals surface area contributed by atoms with Gasteiger partial charge in [-0.2, -0.15) is 0 Å². The van der Waals surface area contributed by atoms with Gasteiger partial charge in [-0.15, -0.1) is 11.3 Å².